The molecule has 0 bridgehead atoms. The van der Waals surface area contributed by atoms with Crippen LogP contribution in [0.2, 0.25) is 0 Å². The Morgan fingerprint density at radius 1 is 1.26 bits per heavy atom. The molecule has 0 saturated heterocycles. The van der Waals surface area contributed by atoms with Crippen molar-refractivity contribution < 1.29 is 4.74 Å². The van der Waals surface area contributed by atoms with Crippen LogP contribution in [0.5, 0.6) is 5.75 Å². The number of ether oxygens (including phenoxy) is 1. The third kappa shape index (κ3) is 3.80. The monoisotopic (exact) mass is 276 g/mol. The zero-order valence-electron chi connectivity index (χ0n) is 11.1. The number of hydrogen-bond donors (Lipinski definition) is 2. The van der Waals surface area contributed by atoms with Crippen LogP contribution in [0, 0.1) is 0 Å². The molecule has 19 heavy (non-hydrogen) atoms. The summed E-state index contributed by atoms with van der Waals surface area (Å²) < 4.78 is 5.66. The zero-order valence-corrected chi connectivity index (χ0v) is 12.0. The minimum absolute atomic E-state index is 0.0460. The van der Waals surface area contributed by atoms with Crippen LogP contribution < -0.4 is 16.0 Å². The molecular formula is C15H20N2OS. The van der Waals surface area contributed by atoms with Crippen LogP contribution in [-0.2, 0) is 0 Å². The SMILES string of the molecule is CCCCOc1ccc(C(NN)c2cccs2)cc1. The molecular weight excluding hydrogens is 256 g/mol. The maximum atomic E-state index is 5.66. The Morgan fingerprint density at radius 2 is 2.05 bits per heavy atom. The van der Waals surface area contributed by atoms with Gasteiger partial charge in [0.25, 0.3) is 0 Å². The van der Waals surface area contributed by atoms with Crippen molar-refractivity contribution in [3.63, 3.8) is 0 Å². The standard InChI is InChI=1S/C15H20N2OS/c1-2-3-10-18-13-8-6-12(7-9-13)15(17-16)14-5-4-11-19-14/h4-9,11,15,17H,2-3,10,16H2,1H3. The maximum Gasteiger partial charge on any atom is 0.119 e. The lowest BCUT2D eigenvalue weighted by atomic mass is 10.1. The van der Waals surface area contributed by atoms with Gasteiger partial charge in [0, 0.05) is 4.88 Å². The summed E-state index contributed by atoms with van der Waals surface area (Å²) in [6.07, 6.45) is 2.24. The molecule has 1 aromatic heterocycles. The molecule has 1 atom stereocenters. The highest BCUT2D eigenvalue weighted by Gasteiger charge is 2.12. The van der Waals surface area contributed by atoms with E-state index in [0.29, 0.717) is 0 Å². The van der Waals surface area contributed by atoms with Gasteiger partial charge in [0.05, 0.1) is 12.6 Å². The molecule has 4 heteroatoms. The highest BCUT2D eigenvalue weighted by molar-refractivity contribution is 7.10. The van der Waals surface area contributed by atoms with E-state index < -0.39 is 0 Å². The summed E-state index contributed by atoms with van der Waals surface area (Å²) in [7, 11) is 0. The summed E-state index contributed by atoms with van der Waals surface area (Å²) in [6, 6.07) is 12.3. The Labute approximate surface area is 118 Å². The van der Waals surface area contributed by atoms with E-state index in [2.05, 4.69) is 35.9 Å². The zero-order chi connectivity index (χ0) is 13.5. The number of thiophene rings is 1. The molecule has 0 fully saturated rings. The van der Waals surface area contributed by atoms with E-state index >= 15 is 0 Å². The first-order valence-electron chi connectivity index (χ1n) is 6.57. The van der Waals surface area contributed by atoms with Crippen LogP contribution in [0.1, 0.15) is 36.2 Å². The van der Waals surface area contributed by atoms with Gasteiger partial charge in [-0.2, -0.15) is 0 Å². The summed E-state index contributed by atoms with van der Waals surface area (Å²) in [5.41, 5.74) is 4.01. The first-order chi connectivity index (χ1) is 9.35. The van der Waals surface area contributed by atoms with Gasteiger partial charge in [-0.25, -0.2) is 5.43 Å². The molecule has 0 aliphatic rings. The second-order valence-electron chi connectivity index (χ2n) is 4.39. The van der Waals surface area contributed by atoms with Gasteiger partial charge in [0.15, 0.2) is 0 Å². The quantitative estimate of drug-likeness (QED) is 0.462. The number of hydrogen-bond acceptors (Lipinski definition) is 4. The van der Waals surface area contributed by atoms with Crippen LogP contribution in [0.15, 0.2) is 41.8 Å². The fourth-order valence-electron chi connectivity index (χ4n) is 1.89. The fraction of sp³-hybridized carbons (Fsp3) is 0.333. The van der Waals surface area contributed by atoms with Crippen molar-refractivity contribution in [1.29, 1.82) is 0 Å². The molecule has 3 N–H and O–H groups in total. The van der Waals surface area contributed by atoms with Gasteiger partial charge in [0.1, 0.15) is 5.75 Å². The Bertz CT molecular complexity index is 467. The molecule has 1 heterocycles. The van der Waals surface area contributed by atoms with E-state index in [1.807, 2.05) is 18.2 Å². The summed E-state index contributed by atoms with van der Waals surface area (Å²) in [4.78, 5) is 1.21. The largest absolute Gasteiger partial charge is 0.494 e. The van der Waals surface area contributed by atoms with Crippen molar-refractivity contribution in [3.8, 4) is 5.75 Å². The number of hydrazine groups is 1. The van der Waals surface area contributed by atoms with E-state index in [9.17, 15) is 0 Å². The molecule has 0 aliphatic heterocycles. The van der Waals surface area contributed by atoms with Crippen LogP contribution in [0.4, 0.5) is 0 Å². The summed E-state index contributed by atoms with van der Waals surface area (Å²) >= 11 is 1.70. The topological polar surface area (TPSA) is 47.3 Å². The molecule has 1 aromatic carbocycles. The van der Waals surface area contributed by atoms with Crippen LogP contribution >= 0.6 is 11.3 Å². The predicted molar refractivity (Wildman–Crippen MR) is 80.3 cm³/mol. The van der Waals surface area contributed by atoms with Gasteiger partial charge in [0.2, 0.25) is 0 Å². The van der Waals surface area contributed by atoms with E-state index in [4.69, 9.17) is 10.6 Å². The van der Waals surface area contributed by atoms with Gasteiger partial charge < -0.3 is 4.74 Å². The Kier molecular flexibility index (Phi) is 5.39. The van der Waals surface area contributed by atoms with Crippen molar-refractivity contribution >= 4 is 11.3 Å². The smallest absolute Gasteiger partial charge is 0.119 e. The van der Waals surface area contributed by atoms with Gasteiger partial charge in [-0.1, -0.05) is 31.5 Å². The van der Waals surface area contributed by atoms with E-state index in [1.54, 1.807) is 11.3 Å². The molecule has 102 valence electrons. The Balaban J connectivity index is 2.04. The van der Waals surface area contributed by atoms with Gasteiger partial charge in [-0.3, -0.25) is 5.84 Å². The lowest BCUT2D eigenvalue weighted by molar-refractivity contribution is 0.309. The Morgan fingerprint density at radius 3 is 2.63 bits per heavy atom. The molecule has 0 radical (unpaired) electrons. The van der Waals surface area contributed by atoms with Gasteiger partial charge >= 0.3 is 0 Å². The molecule has 3 nitrogen and oxygen atoms in total. The number of rotatable bonds is 7. The van der Waals surface area contributed by atoms with Crippen molar-refractivity contribution in [1.82, 2.24) is 5.43 Å². The van der Waals surface area contributed by atoms with E-state index in [1.165, 1.54) is 4.88 Å². The van der Waals surface area contributed by atoms with Gasteiger partial charge in [-0.05, 0) is 35.6 Å². The summed E-state index contributed by atoms with van der Waals surface area (Å²) in [5, 5.41) is 2.06. The Hall–Kier alpha value is -1.36. The molecule has 2 rings (SSSR count). The number of unbranched alkanes of at least 4 members (excludes halogenated alkanes) is 1. The normalized spacial score (nSPS) is 12.3. The number of nitrogens with two attached hydrogens (primary N) is 1. The first-order valence-corrected chi connectivity index (χ1v) is 7.45. The second kappa shape index (κ2) is 7.28. The highest BCUT2D eigenvalue weighted by Crippen LogP contribution is 2.26. The van der Waals surface area contributed by atoms with Crippen LogP contribution in [0.3, 0.4) is 0 Å². The summed E-state index contributed by atoms with van der Waals surface area (Å²) in [5.74, 6) is 6.57. The average Bonchev–Trinajstić information content (AvgIpc) is 2.96. The second-order valence-corrected chi connectivity index (χ2v) is 5.37. The van der Waals surface area contributed by atoms with Crippen molar-refractivity contribution in [3.05, 3.63) is 52.2 Å². The van der Waals surface area contributed by atoms with Crippen LogP contribution in [-0.4, -0.2) is 6.61 Å². The molecule has 1 unspecified atom stereocenters. The number of nitrogens with one attached hydrogen (secondary N) is 1. The van der Waals surface area contributed by atoms with E-state index in [-0.39, 0.29) is 6.04 Å². The third-order valence-corrected chi connectivity index (χ3v) is 3.91. The lowest BCUT2D eigenvalue weighted by Gasteiger charge is -2.15. The molecule has 0 aliphatic carbocycles. The maximum absolute atomic E-state index is 5.66. The van der Waals surface area contributed by atoms with Gasteiger partial charge in [-0.15, -0.1) is 11.3 Å². The highest BCUT2D eigenvalue weighted by atomic mass is 32.1. The fourth-order valence-corrected chi connectivity index (χ4v) is 2.70. The molecule has 2 aromatic rings. The average molecular weight is 276 g/mol. The summed E-state index contributed by atoms with van der Waals surface area (Å²) in [6.45, 7) is 2.93. The van der Waals surface area contributed by atoms with Crippen molar-refractivity contribution in [2.45, 2.75) is 25.8 Å². The molecule has 0 spiro atoms. The van der Waals surface area contributed by atoms with Crippen LogP contribution in [0.25, 0.3) is 0 Å². The minimum atomic E-state index is 0.0460. The minimum Gasteiger partial charge on any atom is -0.494 e. The third-order valence-electron chi connectivity index (χ3n) is 2.97. The molecule has 0 amide bonds. The number of benzene rings is 1. The molecule has 0 saturated carbocycles. The first kappa shape index (κ1) is 14.1. The predicted octanol–water partition coefficient (Wildman–Crippen LogP) is 3.48. The van der Waals surface area contributed by atoms with E-state index in [0.717, 1.165) is 30.8 Å². The van der Waals surface area contributed by atoms with Crippen molar-refractivity contribution in [2.24, 2.45) is 5.84 Å². The van der Waals surface area contributed by atoms with Crippen molar-refractivity contribution in [2.75, 3.05) is 6.61 Å². The lowest BCUT2D eigenvalue weighted by Crippen LogP contribution is -2.28.